The zero-order valence-corrected chi connectivity index (χ0v) is 18.0. The molecule has 3 aliphatic rings. The molecular weight excluding hydrogens is 368 g/mol. The fourth-order valence-electron chi connectivity index (χ4n) is 4.99. The van der Waals surface area contributed by atoms with Crippen molar-refractivity contribution in [2.75, 3.05) is 0 Å². The maximum Gasteiger partial charge on any atom is 0.333 e. The van der Waals surface area contributed by atoms with E-state index >= 15 is 0 Å². The van der Waals surface area contributed by atoms with E-state index in [0.717, 1.165) is 19.3 Å². The number of carbonyl (C=O) groups is 2. The number of aliphatic hydroxyl groups excluding tert-OH is 1. The molecule has 5 nitrogen and oxygen atoms in total. The van der Waals surface area contributed by atoms with E-state index in [9.17, 15) is 14.7 Å². The van der Waals surface area contributed by atoms with Crippen molar-refractivity contribution in [1.82, 2.24) is 0 Å². The first-order valence-electron chi connectivity index (χ1n) is 10.9. The number of rotatable bonds is 5. The topological polar surface area (TPSA) is 72.8 Å². The quantitative estimate of drug-likeness (QED) is 0.553. The summed E-state index contributed by atoms with van der Waals surface area (Å²) in [6.07, 6.45) is 10.5. The molecule has 1 aliphatic heterocycles. The second-order valence-corrected chi connectivity index (χ2v) is 8.99. The number of hydrogen-bond donors (Lipinski definition) is 1. The molecule has 0 saturated carbocycles. The largest absolute Gasteiger partial charge is 0.462 e. The Labute approximate surface area is 173 Å². The zero-order chi connectivity index (χ0) is 21.1. The van der Waals surface area contributed by atoms with Crippen LogP contribution in [0.4, 0.5) is 0 Å². The Morgan fingerprint density at radius 3 is 2.76 bits per heavy atom. The van der Waals surface area contributed by atoms with Gasteiger partial charge in [-0.25, -0.2) is 4.79 Å². The average Bonchev–Trinajstić information content (AvgIpc) is 2.65. The molecule has 1 saturated heterocycles. The van der Waals surface area contributed by atoms with Gasteiger partial charge in [0.15, 0.2) is 0 Å². The molecule has 29 heavy (non-hydrogen) atoms. The van der Waals surface area contributed by atoms with Crippen LogP contribution in [0.5, 0.6) is 0 Å². The Hall–Kier alpha value is -1.88. The van der Waals surface area contributed by atoms with E-state index in [2.05, 4.69) is 32.1 Å². The molecule has 0 aromatic rings. The van der Waals surface area contributed by atoms with Gasteiger partial charge in [-0.3, -0.25) is 4.79 Å². The highest BCUT2D eigenvalue weighted by molar-refractivity contribution is 5.87. The van der Waals surface area contributed by atoms with Crippen molar-refractivity contribution in [1.29, 1.82) is 0 Å². The fourth-order valence-corrected chi connectivity index (χ4v) is 4.99. The monoisotopic (exact) mass is 402 g/mol. The highest BCUT2D eigenvalue weighted by atomic mass is 16.5. The van der Waals surface area contributed by atoms with Gasteiger partial charge in [0.2, 0.25) is 0 Å². The van der Waals surface area contributed by atoms with Gasteiger partial charge in [0.1, 0.15) is 12.2 Å². The summed E-state index contributed by atoms with van der Waals surface area (Å²) in [5.41, 5.74) is 1.89. The molecule has 1 heterocycles. The minimum absolute atomic E-state index is 0.0921. The van der Waals surface area contributed by atoms with Gasteiger partial charge in [-0.15, -0.1) is 0 Å². The Kier molecular flexibility index (Phi) is 6.99. The van der Waals surface area contributed by atoms with Gasteiger partial charge in [0.05, 0.1) is 12.5 Å². The third-order valence-corrected chi connectivity index (χ3v) is 6.67. The lowest BCUT2D eigenvalue weighted by molar-refractivity contribution is -0.161. The molecule has 0 radical (unpaired) electrons. The van der Waals surface area contributed by atoms with Gasteiger partial charge < -0.3 is 14.6 Å². The molecule has 0 unspecified atom stereocenters. The van der Waals surface area contributed by atoms with Crippen LogP contribution in [0.15, 0.2) is 35.5 Å². The molecule has 5 heteroatoms. The molecule has 1 fully saturated rings. The van der Waals surface area contributed by atoms with E-state index in [1.54, 1.807) is 13.0 Å². The van der Waals surface area contributed by atoms with Crippen LogP contribution in [0.2, 0.25) is 0 Å². The van der Waals surface area contributed by atoms with E-state index in [0.29, 0.717) is 29.7 Å². The Morgan fingerprint density at radius 2 is 2.07 bits per heavy atom. The third kappa shape index (κ3) is 5.19. The van der Waals surface area contributed by atoms with Crippen LogP contribution in [0.1, 0.15) is 59.8 Å². The molecule has 0 aromatic heterocycles. The molecule has 3 rings (SSSR count). The number of hydrogen-bond acceptors (Lipinski definition) is 5. The van der Waals surface area contributed by atoms with Crippen LogP contribution >= 0.6 is 0 Å². The summed E-state index contributed by atoms with van der Waals surface area (Å²) in [5.74, 6) is 0.614. The van der Waals surface area contributed by atoms with Crippen molar-refractivity contribution < 1.29 is 24.2 Å². The Balaban J connectivity index is 1.76. The summed E-state index contributed by atoms with van der Waals surface area (Å²) >= 11 is 0. The van der Waals surface area contributed by atoms with E-state index in [1.807, 2.05) is 6.92 Å². The lowest BCUT2D eigenvalue weighted by atomic mass is 9.65. The van der Waals surface area contributed by atoms with E-state index in [4.69, 9.17) is 9.47 Å². The van der Waals surface area contributed by atoms with Crippen molar-refractivity contribution in [2.24, 2.45) is 23.7 Å². The van der Waals surface area contributed by atoms with Gasteiger partial charge in [0, 0.05) is 17.9 Å². The van der Waals surface area contributed by atoms with E-state index in [-0.39, 0.29) is 36.5 Å². The molecular formula is C24H34O5. The number of fused-ring (bicyclic) bond motifs is 1. The van der Waals surface area contributed by atoms with Gasteiger partial charge in [0.25, 0.3) is 0 Å². The van der Waals surface area contributed by atoms with Crippen molar-refractivity contribution in [3.05, 3.63) is 35.5 Å². The predicted octanol–water partition coefficient (Wildman–Crippen LogP) is 4.12. The molecule has 0 bridgehead atoms. The van der Waals surface area contributed by atoms with Crippen LogP contribution in [0.3, 0.4) is 0 Å². The normalized spacial score (nSPS) is 37.4. The third-order valence-electron chi connectivity index (χ3n) is 6.67. The van der Waals surface area contributed by atoms with Crippen LogP contribution < -0.4 is 0 Å². The summed E-state index contributed by atoms with van der Waals surface area (Å²) in [6, 6.07) is 0. The van der Waals surface area contributed by atoms with Crippen molar-refractivity contribution in [2.45, 2.75) is 78.1 Å². The second kappa shape index (κ2) is 9.29. The van der Waals surface area contributed by atoms with E-state index in [1.165, 1.54) is 5.57 Å². The van der Waals surface area contributed by atoms with Gasteiger partial charge in [-0.1, -0.05) is 38.2 Å². The summed E-state index contributed by atoms with van der Waals surface area (Å²) in [4.78, 5) is 24.1. The van der Waals surface area contributed by atoms with Gasteiger partial charge in [-0.2, -0.15) is 0 Å². The van der Waals surface area contributed by atoms with Gasteiger partial charge >= 0.3 is 11.9 Å². The number of aliphatic hydroxyl groups is 1. The molecule has 160 valence electrons. The average molecular weight is 403 g/mol. The van der Waals surface area contributed by atoms with Crippen molar-refractivity contribution in [3.63, 3.8) is 0 Å². The van der Waals surface area contributed by atoms with Crippen LogP contribution in [-0.4, -0.2) is 35.4 Å². The van der Waals surface area contributed by atoms with Crippen molar-refractivity contribution >= 4 is 11.9 Å². The first-order chi connectivity index (χ1) is 13.8. The molecule has 1 N–H and O–H groups in total. The molecule has 2 aliphatic carbocycles. The van der Waals surface area contributed by atoms with Crippen LogP contribution in [-0.2, 0) is 19.1 Å². The summed E-state index contributed by atoms with van der Waals surface area (Å²) in [6.45, 7) is 8.00. The zero-order valence-electron chi connectivity index (χ0n) is 18.0. The molecule has 0 amide bonds. The second-order valence-electron chi connectivity index (χ2n) is 8.99. The van der Waals surface area contributed by atoms with Crippen molar-refractivity contribution in [3.8, 4) is 0 Å². The highest BCUT2D eigenvalue weighted by Gasteiger charge is 2.42. The summed E-state index contributed by atoms with van der Waals surface area (Å²) in [5, 5.41) is 9.89. The predicted molar refractivity (Wildman–Crippen MR) is 111 cm³/mol. The number of carbonyl (C=O) groups excluding carboxylic acids is 2. The SMILES string of the molecule is C/C=C(/C)C(=O)O[C@H]1C[C@@H](C)C=C2C=C[C@H](C)[C@H](CC[C@@H]3C[C@@H](O)CC(=O)O3)[C@H]21. The highest BCUT2D eigenvalue weighted by Crippen LogP contribution is 2.45. The Morgan fingerprint density at radius 1 is 1.31 bits per heavy atom. The van der Waals surface area contributed by atoms with Gasteiger partial charge in [-0.05, 0) is 56.4 Å². The van der Waals surface area contributed by atoms with Crippen LogP contribution in [0, 0.1) is 23.7 Å². The minimum atomic E-state index is -0.603. The lowest BCUT2D eigenvalue weighted by Gasteiger charge is -2.43. The Bertz CT molecular complexity index is 719. The number of ether oxygens (including phenoxy) is 2. The maximum absolute atomic E-state index is 12.5. The number of esters is 2. The van der Waals surface area contributed by atoms with E-state index < -0.39 is 6.10 Å². The number of cyclic esters (lactones) is 1. The minimum Gasteiger partial charge on any atom is -0.462 e. The summed E-state index contributed by atoms with van der Waals surface area (Å²) in [7, 11) is 0. The smallest absolute Gasteiger partial charge is 0.333 e. The summed E-state index contributed by atoms with van der Waals surface area (Å²) < 4.78 is 11.4. The van der Waals surface area contributed by atoms with Crippen LogP contribution in [0.25, 0.3) is 0 Å². The molecule has 0 spiro atoms. The first kappa shape index (κ1) is 21.8. The standard InChI is InChI=1S/C24H34O5/c1-5-15(3)24(27)29-21-11-14(2)10-17-7-6-16(4)20(23(17)21)9-8-19-12-18(25)13-22(26)28-19/h5-7,10,14,16,18-21,23,25H,8-9,11-13H2,1-4H3/b15-5-/t14-,16-,18+,19+,20-,21-,23-/m0/s1. The number of allylic oxidation sites excluding steroid dienone is 4. The lowest BCUT2D eigenvalue weighted by Crippen LogP contribution is -2.41. The maximum atomic E-state index is 12.5. The first-order valence-corrected chi connectivity index (χ1v) is 10.9. The molecule has 0 aromatic carbocycles. The molecule has 7 atom stereocenters. The fraction of sp³-hybridized carbons (Fsp3) is 0.667.